The zero-order chi connectivity index (χ0) is 17.1. The van der Waals surface area contributed by atoms with E-state index in [9.17, 15) is 17.2 Å². The Bertz CT molecular complexity index is 702. The van der Waals surface area contributed by atoms with Gasteiger partial charge in [0, 0.05) is 13.7 Å². The van der Waals surface area contributed by atoms with Gasteiger partial charge >= 0.3 is 0 Å². The second-order valence-electron chi connectivity index (χ2n) is 5.45. The Labute approximate surface area is 133 Å². The van der Waals surface area contributed by atoms with E-state index >= 15 is 0 Å². The monoisotopic (exact) mass is 345 g/mol. The summed E-state index contributed by atoms with van der Waals surface area (Å²) in [5, 5.41) is 11.8. The Balaban J connectivity index is 2.24. The molecule has 1 heterocycles. The van der Waals surface area contributed by atoms with Gasteiger partial charge in [-0.1, -0.05) is 0 Å². The Kier molecular flexibility index (Phi) is 5.31. The van der Waals surface area contributed by atoms with Crippen molar-refractivity contribution in [1.29, 1.82) is 5.26 Å². The van der Waals surface area contributed by atoms with Gasteiger partial charge in [0.1, 0.15) is 11.6 Å². The van der Waals surface area contributed by atoms with Gasteiger partial charge in [0.05, 0.1) is 23.8 Å². The number of nitrogens with one attached hydrogen (secondary N) is 2. The lowest BCUT2D eigenvalue weighted by Crippen LogP contribution is -2.53. The number of hydrogen-bond donors (Lipinski definition) is 2. The van der Waals surface area contributed by atoms with E-state index < -0.39 is 32.1 Å². The molecule has 1 aromatic rings. The molecule has 2 rings (SSSR count). The molecule has 126 valence electrons. The molecule has 2 N–H and O–H groups in total. The highest BCUT2D eigenvalue weighted by Gasteiger charge is 2.36. The van der Waals surface area contributed by atoms with Crippen molar-refractivity contribution in [2.24, 2.45) is 0 Å². The second kappa shape index (κ2) is 6.88. The van der Waals surface area contributed by atoms with Crippen LogP contribution in [0, 0.1) is 23.0 Å². The van der Waals surface area contributed by atoms with E-state index in [0.29, 0.717) is 25.1 Å². The third-order valence-corrected chi connectivity index (χ3v) is 5.20. The molecule has 1 atom stereocenters. The highest BCUT2D eigenvalue weighted by molar-refractivity contribution is 7.89. The lowest BCUT2D eigenvalue weighted by molar-refractivity contribution is 0.122. The molecular weight excluding hydrogens is 328 g/mol. The van der Waals surface area contributed by atoms with Crippen LogP contribution in [0.2, 0.25) is 0 Å². The SMILES string of the molecule is COCC1(CNS(=O)(=O)c2c(F)cc(C#N)cc2F)CCCN1. The van der Waals surface area contributed by atoms with Crippen LogP contribution >= 0.6 is 0 Å². The fraction of sp³-hybridized carbons (Fsp3) is 0.500. The molecule has 0 spiro atoms. The van der Waals surface area contributed by atoms with Crippen molar-refractivity contribution >= 4 is 10.0 Å². The van der Waals surface area contributed by atoms with E-state index in [2.05, 4.69) is 10.0 Å². The van der Waals surface area contributed by atoms with Gasteiger partial charge in [-0.3, -0.25) is 0 Å². The summed E-state index contributed by atoms with van der Waals surface area (Å²) in [6.45, 7) is 0.931. The molecule has 0 bridgehead atoms. The molecule has 0 radical (unpaired) electrons. The molecule has 0 saturated carbocycles. The number of ether oxygens (including phenoxy) is 1. The summed E-state index contributed by atoms with van der Waals surface area (Å²) in [7, 11) is -2.90. The summed E-state index contributed by atoms with van der Waals surface area (Å²) >= 11 is 0. The van der Waals surface area contributed by atoms with Gasteiger partial charge in [0.25, 0.3) is 0 Å². The van der Waals surface area contributed by atoms with E-state index in [4.69, 9.17) is 10.00 Å². The van der Waals surface area contributed by atoms with E-state index in [1.54, 1.807) is 6.07 Å². The average Bonchev–Trinajstić information content (AvgIpc) is 2.94. The third-order valence-electron chi connectivity index (χ3n) is 3.75. The fourth-order valence-electron chi connectivity index (χ4n) is 2.66. The van der Waals surface area contributed by atoms with Crippen LogP contribution in [0.25, 0.3) is 0 Å². The summed E-state index contributed by atoms with van der Waals surface area (Å²) in [6, 6.07) is 2.95. The lowest BCUT2D eigenvalue weighted by Gasteiger charge is -2.28. The van der Waals surface area contributed by atoms with Gasteiger partial charge in [0.15, 0.2) is 4.90 Å². The summed E-state index contributed by atoms with van der Waals surface area (Å²) in [5.74, 6) is -2.59. The number of hydrogen-bond acceptors (Lipinski definition) is 5. The molecule has 0 aromatic heterocycles. The number of halogens is 2. The molecule has 23 heavy (non-hydrogen) atoms. The summed E-state index contributed by atoms with van der Waals surface area (Å²) < 4.78 is 59.6. The van der Waals surface area contributed by atoms with Crippen LogP contribution in [0.15, 0.2) is 17.0 Å². The van der Waals surface area contributed by atoms with Gasteiger partial charge < -0.3 is 10.1 Å². The Morgan fingerprint density at radius 1 is 1.43 bits per heavy atom. The van der Waals surface area contributed by atoms with Gasteiger partial charge in [-0.15, -0.1) is 0 Å². The maximum Gasteiger partial charge on any atom is 0.246 e. The van der Waals surface area contributed by atoms with Crippen molar-refractivity contribution < 1.29 is 21.9 Å². The highest BCUT2D eigenvalue weighted by Crippen LogP contribution is 2.23. The predicted octanol–water partition coefficient (Wildman–Crippen LogP) is 0.883. The lowest BCUT2D eigenvalue weighted by atomic mass is 9.99. The first kappa shape index (κ1) is 17.7. The molecule has 1 unspecified atom stereocenters. The maximum absolute atomic E-state index is 13.9. The first-order valence-corrected chi connectivity index (χ1v) is 8.45. The smallest absolute Gasteiger partial charge is 0.246 e. The third kappa shape index (κ3) is 3.84. The van der Waals surface area contributed by atoms with Crippen molar-refractivity contribution in [2.45, 2.75) is 23.3 Å². The van der Waals surface area contributed by atoms with Crippen LogP contribution in [0.1, 0.15) is 18.4 Å². The van der Waals surface area contributed by atoms with E-state index in [1.807, 2.05) is 0 Å². The van der Waals surface area contributed by atoms with E-state index in [0.717, 1.165) is 6.42 Å². The fourth-order valence-corrected chi connectivity index (χ4v) is 3.90. The molecule has 1 aromatic carbocycles. The van der Waals surface area contributed by atoms with Crippen LogP contribution < -0.4 is 10.0 Å². The number of benzene rings is 1. The molecular formula is C14H17F2N3O3S. The molecule has 1 saturated heterocycles. The van der Waals surface area contributed by atoms with Crippen molar-refractivity contribution in [1.82, 2.24) is 10.0 Å². The molecule has 9 heteroatoms. The van der Waals surface area contributed by atoms with Crippen molar-refractivity contribution in [3.63, 3.8) is 0 Å². The van der Waals surface area contributed by atoms with Crippen molar-refractivity contribution in [2.75, 3.05) is 26.8 Å². The Morgan fingerprint density at radius 2 is 2.09 bits per heavy atom. The first-order valence-electron chi connectivity index (χ1n) is 6.96. The number of nitriles is 1. The Morgan fingerprint density at radius 3 is 2.57 bits per heavy atom. The highest BCUT2D eigenvalue weighted by atomic mass is 32.2. The number of nitrogens with zero attached hydrogens (tertiary/aromatic N) is 1. The Hall–Kier alpha value is -1.60. The molecule has 0 amide bonds. The van der Waals surface area contributed by atoms with Gasteiger partial charge in [0.2, 0.25) is 10.0 Å². The summed E-state index contributed by atoms with van der Waals surface area (Å²) in [4.78, 5) is -1.08. The molecule has 0 aliphatic carbocycles. The van der Waals surface area contributed by atoms with E-state index in [-0.39, 0.29) is 18.7 Å². The van der Waals surface area contributed by atoms with Crippen LogP contribution in [0.4, 0.5) is 8.78 Å². The first-order chi connectivity index (χ1) is 10.8. The van der Waals surface area contributed by atoms with Crippen molar-refractivity contribution in [3.05, 3.63) is 29.3 Å². The largest absolute Gasteiger partial charge is 0.383 e. The number of methoxy groups -OCH3 is 1. The van der Waals surface area contributed by atoms with Crippen LogP contribution in [-0.2, 0) is 14.8 Å². The minimum atomic E-state index is -4.40. The van der Waals surface area contributed by atoms with Crippen LogP contribution in [-0.4, -0.2) is 40.8 Å². The topological polar surface area (TPSA) is 91.2 Å². The molecule has 1 aliphatic heterocycles. The normalized spacial score (nSPS) is 21.3. The zero-order valence-electron chi connectivity index (χ0n) is 12.5. The maximum atomic E-state index is 13.9. The second-order valence-corrected chi connectivity index (χ2v) is 7.15. The van der Waals surface area contributed by atoms with Crippen LogP contribution in [0.3, 0.4) is 0 Å². The molecule has 1 fully saturated rings. The van der Waals surface area contributed by atoms with Crippen molar-refractivity contribution in [3.8, 4) is 6.07 Å². The predicted molar refractivity (Wildman–Crippen MR) is 78.1 cm³/mol. The van der Waals surface area contributed by atoms with E-state index in [1.165, 1.54) is 7.11 Å². The molecule has 6 nitrogen and oxygen atoms in total. The van der Waals surface area contributed by atoms with Gasteiger partial charge in [-0.05, 0) is 31.5 Å². The van der Waals surface area contributed by atoms with Gasteiger partial charge in [-0.2, -0.15) is 5.26 Å². The summed E-state index contributed by atoms with van der Waals surface area (Å²) in [6.07, 6.45) is 1.53. The van der Waals surface area contributed by atoms with Crippen LogP contribution in [0.5, 0.6) is 0 Å². The quantitative estimate of drug-likeness (QED) is 0.799. The standard InChI is InChI=1S/C14H17F2N3O3S/c1-22-9-14(3-2-4-18-14)8-19-23(20,21)13-11(15)5-10(7-17)6-12(13)16/h5-6,18-19H,2-4,8-9H2,1H3. The number of sulfonamides is 1. The minimum Gasteiger partial charge on any atom is -0.383 e. The molecule has 1 aliphatic rings. The minimum absolute atomic E-state index is 0.0535. The zero-order valence-corrected chi connectivity index (χ0v) is 13.3. The number of rotatable bonds is 6. The average molecular weight is 345 g/mol. The summed E-state index contributed by atoms with van der Waals surface area (Å²) in [5.41, 5.74) is -0.881. The van der Waals surface area contributed by atoms with Gasteiger partial charge in [-0.25, -0.2) is 21.9 Å².